The number of ether oxygens (including phenoxy) is 3. The molecule has 0 amide bonds. The van der Waals surface area contributed by atoms with Crippen molar-refractivity contribution in [2.45, 2.75) is 19.9 Å². The van der Waals surface area contributed by atoms with Crippen LogP contribution in [0.3, 0.4) is 0 Å². The molecule has 0 fully saturated rings. The highest BCUT2D eigenvalue weighted by Crippen LogP contribution is 2.29. The number of methoxy groups -OCH3 is 1. The Hall–Kier alpha value is -4.73. The molecule has 0 radical (unpaired) electrons. The number of hydrogen-bond donors (Lipinski definition) is 0. The van der Waals surface area contributed by atoms with Crippen molar-refractivity contribution in [1.29, 1.82) is 0 Å². The number of alkyl halides is 1. The molecule has 1 aromatic heterocycles. The molecule has 190 valence electrons. The Morgan fingerprint density at radius 2 is 1.70 bits per heavy atom. The number of nitrogens with zero attached hydrogens (tertiary/aromatic N) is 1. The average Bonchev–Trinajstić information content (AvgIpc) is 3.32. The van der Waals surface area contributed by atoms with Crippen molar-refractivity contribution in [3.63, 3.8) is 0 Å². The summed E-state index contributed by atoms with van der Waals surface area (Å²) < 4.78 is 47.3. The maximum absolute atomic E-state index is 13.9. The molecular weight excluding hydrogens is 488 g/mol. The number of hydrogen-bond acceptors (Lipinski definition) is 8. The summed E-state index contributed by atoms with van der Waals surface area (Å²) in [5.74, 6) is -0.925. The summed E-state index contributed by atoms with van der Waals surface area (Å²) in [6, 6.07) is 19.7. The number of halogens is 2. The molecule has 1 unspecified atom stereocenters. The molecule has 4 rings (SSSR count). The Labute approximate surface area is 210 Å². The van der Waals surface area contributed by atoms with Crippen LogP contribution < -0.4 is 14.2 Å². The summed E-state index contributed by atoms with van der Waals surface area (Å²) in [6.07, 6.45) is -2.78. The van der Waals surface area contributed by atoms with E-state index in [0.717, 1.165) is 5.56 Å². The van der Waals surface area contributed by atoms with E-state index in [-0.39, 0.29) is 29.2 Å². The topological polar surface area (TPSA) is 97.1 Å². The van der Waals surface area contributed by atoms with Gasteiger partial charge in [0.25, 0.3) is 0 Å². The van der Waals surface area contributed by atoms with E-state index in [4.69, 9.17) is 18.6 Å². The highest BCUT2D eigenvalue weighted by Gasteiger charge is 2.25. The summed E-state index contributed by atoms with van der Waals surface area (Å²) >= 11 is 0. The fourth-order valence-electron chi connectivity index (χ4n) is 3.39. The van der Waals surface area contributed by atoms with Crippen molar-refractivity contribution in [1.82, 2.24) is 4.98 Å². The van der Waals surface area contributed by atoms with Gasteiger partial charge in [-0.3, -0.25) is 4.79 Å². The van der Waals surface area contributed by atoms with Crippen LogP contribution in [0.5, 0.6) is 17.2 Å². The van der Waals surface area contributed by atoms with E-state index in [2.05, 4.69) is 9.93 Å². The molecule has 0 saturated heterocycles. The van der Waals surface area contributed by atoms with E-state index in [1.165, 1.54) is 37.4 Å². The first-order valence-corrected chi connectivity index (χ1v) is 11.0. The first kappa shape index (κ1) is 25.4. The number of rotatable bonds is 10. The molecule has 1 heterocycles. The average molecular weight is 509 g/mol. The predicted octanol–water partition coefficient (Wildman–Crippen LogP) is 5.57. The Bertz CT molecular complexity index is 1390. The smallest absolute Gasteiger partial charge is 0.421 e. The fourth-order valence-corrected chi connectivity index (χ4v) is 3.39. The number of ketones is 1. The Morgan fingerprint density at radius 1 is 1.00 bits per heavy atom. The highest BCUT2D eigenvalue weighted by molar-refractivity contribution is 6.10. The van der Waals surface area contributed by atoms with Gasteiger partial charge in [-0.15, -0.1) is 0 Å². The summed E-state index contributed by atoms with van der Waals surface area (Å²) in [7, 11) is 1.35. The minimum Gasteiger partial charge on any atom is -0.497 e. The second-order valence-electron chi connectivity index (χ2n) is 7.72. The zero-order valence-corrected chi connectivity index (χ0v) is 19.8. The molecule has 0 aliphatic heterocycles. The third-order valence-electron chi connectivity index (χ3n) is 5.33. The van der Waals surface area contributed by atoms with Crippen molar-refractivity contribution in [3.05, 3.63) is 95.4 Å². The number of benzene rings is 3. The van der Waals surface area contributed by atoms with Gasteiger partial charge in [-0.25, -0.2) is 14.7 Å². The second kappa shape index (κ2) is 11.3. The Morgan fingerprint density at radius 3 is 2.38 bits per heavy atom. The lowest BCUT2D eigenvalue weighted by Gasteiger charge is -2.13. The van der Waals surface area contributed by atoms with Gasteiger partial charge in [0, 0.05) is 21.7 Å². The minimum absolute atomic E-state index is 0.0737. The minimum atomic E-state index is -2.78. The van der Waals surface area contributed by atoms with Crippen LogP contribution in [0.1, 0.15) is 27.4 Å². The number of aromatic nitrogens is 1. The molecule has 10 heteroatoms. The van der Waals surface area contributed by atoms with Gasteiger partial charge in [-0.05, 0) is 55.5 Å². The lowest BCUT2D eigenvalue weighted by molar-refractivity contribution is -0.200. The molecule has 4 aromatic rings. The Kier molecular flexibility index (Phi) is 7.77. The van der Waals surface area contributed by atoms with Crippen LogP contribution in [-0.4, -0.2) is 30.2 Å². The largest absolute Gasteiger partial charge is 0.497 e. The van der Waals surface area contributed by atoms with Gasteiger partial charge in [0.1, 0.15) is 35.3 Å². The molecular formula is C27H21F2NO7. The maximum Gasteiger partial charge on any atom is 0.421 e. The van der Waals surface area contributed by atoms with Crippen LogP contribution >= 0.6 is 0 Å². The number of aryl methyl sites for hydroxylation is 1. The zero-order valence-electron chi connectivity index (χ0n) is 19.8. The molecule has 8 nitrogen and oxygen atoms in total. The number of oxazole rings is 1. The Balaban J connectivity index is 1.47. The van der Waals surface area contributed by atoms with E-state index in [0.29, 0.717) is 23.1 Å². The molecule has 0 saturated carbocycles. The van der Waals surface area contributed by atoms with Gasteiger partial charge in [-0.2, -0.15) is 4.39 Å². The quantitative estimate of drug-likeness (QED) is 0.256. The van der Waals surface area contributed by atoms with Gasteiger partial charge >= 0.3 is 12.3 Å². The highest BCUT2D eigenvalue weighted by atomic mass is 19.3. The van der Waals surface area contributed by atoms with Gasteiger partial charge in [0.15, 0.2) is 5.78 Å². The summed E-state index contributed by atoms with van der Waals surface area (Å²) in [5.41, 5.74) is 1.64. The van der Waals surface area contributed by atoms with E-state index < -0.39 is 18.1 Å². The molecule has 0 aliphatic rings. The van der Waals surface area contributed by atoms with E-state index in [1.54, 1.807) is 19.1 Å². The van der Waals surface area contributed by atoms with Gasteiger partial charge < -0.3 is 18.6 Å². The molecule has 0 bridgehead atoms. The summed E-state index contributed by atoms with van der Waals surface area (Å²) in [6.45, 7) is 1.94. The van der Waals surface area contributed by atoms with Crippen LogP contribution in [-0.2, 0) is 16.3 Å². The van der Waals surface area contributed by atoms with Crippen molar-refractivity contribution >= 4 is 11.8 Å². The molecule has 3 aromatic carbocycles. The van der Waals surface area contributed by atoms with Crippen molar-refractivity contribution in [2.75, 3.05) is 7.11 Å². The molecule has 0 N–H and O–H groups in total. The lowest BCUT2D eigenvalue weighted by atomic mass is 10.0. The van der Waals surface area contributed by atoms with Gasteiger partial charge in [-0.1, -0.05) is 18.2 Å². The third kappa shape index (κ3) is 5.92. The van der Waals surface area contributed by atoms with Crippen molar-refractivity contribution in [3.8, 4) is 28.7 Å². The fraction of sp³-hybridized carbons (Fsp3) is 0.148. The standard InChI is InChI=1S/C27H21F2NO7/c1-16-22(30-26(35-16)18-6-4-3-5-7-18)15-34-19-10-8-17(9-11-19)24(31)21-13-12-20(33-2)14-23(21)36-25(28)27(32)37-29/h3-14,25H,15H2,1-2H3. The lowest BCUT2D eigenvalue weighted by Crippen LogP contribution is -2.23. The van der Waals surface area contributed by atoms with Crippen molar-refractivity contribution in [2.24, 2.45) is 0 Å². The van der Waals surface area contributed by atoms with E-state index in [1.807, 2.05) is 30.3 Å². The van der Waals surface area contributed by atoms with Crippen LogP contribution in [0, 0.1) is 6.92 Å². The van der Waals surface area contributed by atoms with Crippen LogP contribution in [0.4, 0.5) is 8.92 Å². The van der Waals surface area contributed by atoms with E-state index in [9.17, 15) is 18.5 Å². The number of carbonyl (C=O) groups is 2. The SMILES string of the molecule is COc1ccc(C(=O)c2ccc(OCc3nc(-c4ccccc4)oc3C)cc2)c(OC(F)C(=O)OF)c1. The summed E-state index contributed by atoms with van der Waals surface area (Å²) in [4.78, 5) is 31.5. The molecule has 37 heavy (non-hydrogen) atoms. The monoisotopic (exact) mass is 509 g/mol. The zero-order chi connectivity index (χ0) is 26.4. The second-order valence-corrected chi connectivity index (χ2v) is 7.72. The predicted molar refractivity (Wildman–Crippen MR) is 127 cm³/mol. The van der Waals surface area contributed by atoms with Crippen LogP contribution in [0.25, 0.3) is 11.5 Å². The molecule has 0 spiro atoms. The first-order valence-electron chi connectivity index (χ1n) is 11.0. The maximum atomic E-state index is 13.9. The van der Waals surface area contributed by atoms with Crippen molar-refractivity contribution < 1.29 is 42.1 Å². The molecule has 1 atom stereocenters. The summed E-state index contributed by atoms with van der Waals surface area (Å²) in [5, 5.41) is 0. The van der Waals surface area contributed by atoms with E-state index >= 15 is 0 Å². The number of carbonyl (C=O) groups excluding carboxylic acids is 2. The van der Waals surface area contributed by atoms with Crippen LogP contribution in [0.15, 0.2) is 77.2 Å². The van der Waals surface area contributed by atoms with Gasteiger partial charge in [0.2, 0.25) is 5.89 Å². The third-order valence-corrected chi connectivity index (χ3v) is 5.33. The first-order chi connectivity index (χ1) is 17.9. The van der Waals surface area contributed by atoms with Gasteiger partial charge in [0.05, 0.1) is 12.7 Å². The normalized spacial score (nSPS) is 11.5. The van der Waals surface area contributed by atoms with Crippen LogP contribution in [0.2, 0.25) is 0 Å². The molecule has 0 aliphatic carbocycles.